The maximum absolute atomic E-state index is 5.56. The average Bonchev–Trinajstić information content (AvgIpc) is 2.07. The van der Waals surface area contributed by atoms with Gasteiger partial charge in [0.25, 0.3) is 0 Å². The van der Waals surface area contributed by atoms with Gasteiger partial charge in [-0.2, -0.15) is 0 Å². The summed E-state index contributed by atoms with van der Waals surface area (Å²) in [5, 5.41) is 3.45. The van der Waals surface area contributed by atoms with E-state index in [1.807, 2.05) is 0 Å². The summed E-state index contributed by atoms with van der Waals surface area (Å²) in [6.45, 7) is 3.99. The summed E-state index contributed by atoms with van der Waals surface area (Å²) in [6, 6.07) is 3.41. The minimum atomic E-state index is 0.310. The first-order valence-corrected chi connectivity index (χ1v) is 4.06. The van der Waals surface area contributed by atoms with Gasteiger partial charge in [-0.25, -0.2) is 4.98 Å². The van der Waals surface area contributed by atoms with Gasteiger partial charge in [-0.05, 0) is 12.1 Å². The number of pyridine rings is 1. The molecule has 70 valence electrons. The third-order valence-corrected chi connectivity index (χ3v) is 1.55. The Bertz CT molecular complexity index is 324. The lowest BCUT2D eigenvalue weighted by Gasteiger charge is -2.05. The Morgan fingerprint density at radius 3 is 2.77 bits per heavy atom. The van der Waals surface area contributed by atoms with Crippen LogP contribution in [0.4, 0.5) is 17.3 Å². The van der Waals surface area contributed by atoms with Gasteiger partial charge in [0, 0.05) is 5.03 Å². The lowest BCUT2D eigenvalue weighted by Crippen LogP contribution is -2.05. The molecule has 1 rings (SSSR count). The van der Waals surface area contributed by atoms with E-state index in [2.05, 4.69) is 16.9 Å². The highest BCUT2D eigenvalue weighted by molar-refractivity contribution is 6.29. The molecule has 13 heavy (non-hydrogen) atoms. The predicted molar refractivity (Wildman–Crippen MR) is 56.5 cm³/mol. The molecule has 0 atom stereocenters. The number of anilines is 3. The number of rotatable bonds is 3. The summed E-state index contributed by atoms with van der Waals surface area (Å²) in [5.41, 5.74) is 11.4. The van der Waals surface area contributed by atoms with Gasteiger partial charge in [-0.1, -0.05) is 18.2 Å². The highest BCUT2D eigenvalue weighted by Crippen LogP contribution is 2.14. The molecule has 0 aliphatic carbocycles. The van der Waals surface area contributed by atoms with Crippen molar-refractivity contribution in [1.82, 2.24) is 4.98 Å². The van der Waals surface area contributed by atoms with E-state index in [4.69, 9.17) is 23.1 Å². The fraction of sp³-hybridized carbons (Fsp3) is 0.125. The second-order valence-corrected chi connectivity index (χ2v) is 3.08. The third-order valence-electron chi connectivity index (χ3n) is 1.42. The summed E-state index contributed by atoms with van der Waals surface area (Å²) in [7, 11) is 0. The van der Waals surface area contributed by atoms with Gasteiger partial charge in [0.15, 0.2) is 0 Å². The number of nitrogen functional groups attached to an aromatic ring is 2. The van der Waals surface area contributed by atoms with E-state index in [0.717, 1.165) is 0 Å². The van der Waals surface area contributed by atoms with Crippen LogP contribution in [0.1, 0.15) is 0 Å². The molecule has 0 saturated carbocycles. The Morgan fingerprint density at radius 1 is 1.54 bits per heavy atom. The Labute approximate surface area is 81.6 Å². The zero-order valence-corrected chi connectivity index (χ0v) is 7.80. The molecule has 4 nitrogen and oxygen atoms in total. The van der Waals surface area contributed by atoms with Crippen LogP contribution in [0.15, 0.2) is 23.7 Å². The number of hydrogen-bond donors (Lipinski definition) is 3. The van der Waals surface area contributed by atoms with Crippen LogP contribution < -0.4 is 16.8 Å². The first-order valence-electron chi connectivity index (χ1n) is 3.68. The lowest BCUT2D eigenvalue weighted by molar-refractivity contribution is 1.23. The van der Waals surface area contributed by atoms with Crippen molar-refractivity contribution in [2.45, 2.75) is 0 Å². The van der Waals surface area contributed by atoms with E-state index >= 15 is 0 Å². The molecule has 0 amide bonds. The van der Waals surface area contributed by atoms with E-state index in [1.54, 1.807) is 12.1 Å². The fourth-order valence-electron chi connectivity index (χ4n) is 0.771. The van der Waals surface area contributed by atoms with Crippen LogP contribution in [0.25, 0.3) is 0 Å². The largest absolute Gasteiger partial charge is 0.396 e. The molecular formula is C8H11ClN4. The highest BCUT2D eigenvalue weighted by Gasteiger charge is 1.98. The Hall–Kier alpha value is -1.42. The third kappa shape index (κ3) is 2.83. The van der Waals surface area contributed by atoms with E-state index in [0.29, 0.717) is 28.9 Å². The highest BCUT2D eigenvalue weighted by atomic mass is 35.5. The molecule has 5 N–H and O–H groups in total. The molecule has 0 fully saturated rings. The van der Waals surface area contributed by atoms with Gasteiger partial charge in [0.1, 0.15) is 11.6 Å². The summed E-state index contributed by atoms with van der Waals surface area (Å²) in [4.78, 5) is 3.99. The molecule has 0 spiro atoms. The van der Waals surface area contributed by atoms with Gasteiger partial charge < -0.3 is 16.8 Å². The molecule has 0 saturated heterocycles. The van der Waals surface area contributed by atoms with E-state index in [-0.39, 0.29) is 0 Å². The second-order valence-electron chi connectivity index (χ2n) is 2.54. The van der Waals surface area contributed by atoms with Crippen molar-refractivity contribution in [3.05, 3.63) is 23.7 Å². The fourth-order valence-corrected chi connectivity index (χ4v) is 0.837. The maximum atomic E-state index is 5.56. The maximum Gasteiger partial charge on any atom is 0.149 e. The van der Waals surface area contributed by atoms with E-state index in [9.17, 15) is 0 Å². The molecular weight excluding hydrogens is 188 g/mol. The summed E-state index contributed by atoms with van der Waals surface area (Å²) >= 11 is 5.56. The van der Waals surface area contributed by atoms with Gasteiger partial charge in [0.05, 0.1) is 12.2 Å². The summed E-state index contributed by atoms with van der Waals surface area (Å²) in [5.74, 6) is 0.943. The Kier molecular flexibility index (Phi) is 2.97. The molecule has 0 radical (unpaired) electrons. The van der Waals surface area contributed by atoms with E-state index < -0.39 is 0 Å². The van der Waals surface area contributed by atoms with Gasteiger partial charge >= 0.3 is 0 Å². The minimum Gasteiger partial charge on any atom is -0.396 e. The smallest absolute Gasteiger partial charge is 0.149 e. The number of halogens is 1. The quantitative estimate of drug-likeness (QED) is 0.687. The Morgan fingerprint density at radius 2 is 2.23 bits per heavy atom. The van der Waals surface area contributed by atoms with Gasteiger partial charge in [-0.3, -0.25) is 0 Å². The minimum absolute atomic E-state index is 0.310. The zero-order chi connectivity index (χ0) is 9.84. The normalized spacial score (nSPS) is 9.62. The number of nitrogens with one attached hydrogen (secondary N) is 1. The van der Waals surface area contributed by atoms with Crippen molar-refractivity contribution < 1.29 is 0 Å². The predicted octanol–water partition coefficient (Wildman–Crippen LogP) is 1.41. The number of nitrogens with zero attached hydrogens (tertiary/aromatic N) is 1. The molecule has 0 bridgehead atoms. The number of nitrogens with two attached hydrogens (primary N) is 2. The zero-order valence-electron chi connectivity index (χ0n) is 7.05. The molecule has 5 heteroatoms. The standard InChI is InChI=1S/C8H11ClN4/c1-5(9)4-12-7-3-2-6(10)8(11)13-7/h2-3H,1,4,10H2,(H3,11,12,13). The SMILES string of the molecule is C=C(Cl)CNc1ccc(N)c(N)n1. The summed E-state index contributed by atoms with van der Waals surface area (Å²) in [6.07, 6.45) is 0. The van der Waals surface area contributed by atoms with Crippen LogP contribution in [-0.2, 0) is 0 Å². The first-order chi connectivity index (χ1) is 6.09. The topological polar surface area (TPSA) is 77.0 Å². The monoisotopic (exact) mass is 198 g/mol. The van der Waals surface area contributed by atoms with Crippen LogP contribution in [0.3, 0.4) is 0 Å². The van der Waals surface area contributed by atoms with Crippen molar-refractivity contribution in [3.8, 4) is 0 Å². The molecule has 1 heterocycles. The van der Waals surface area contributed by atoms with E-state index in [1.165, 1.54) is 0 Å². The summed E-state index contributed by atoms with van der Waals surface area (Å²) < 4.78 is 0. The van der Waals surface area contributed by atoms with Crippen molar-refractivity contribution >= 4 is 28.9 Å². The van der Waals surface area contributed by atoms with Crippen molar-refractivity contribution in [1.29, 1.82) is 0 Å². The number of aromatic nitrogens is 1. The average molecular weight is 199 g/mol. The molecule has 1 aromatic rings. The van der Waals surface area contributed by atoms with Crippen molar-refractivity contribution in [3.63, 3.8) is 0 Å². The molecule has 1 aromatic heterocycles. The van der Waals surface area contributed by atoms with Gasteiger partial charge in [-0.15, -0.1) is 0 Å². The van der Waals surface area contributed by atoms with Crippen LogP contribution in [-0.4, -0.2) is 11.5 Å². The Balaban J connectivity index is 2.68. The van der Waals surface area contributed by atoms with Crippen molar-refractivity contribution in [2.24, 2.45) is 0 Å². The van der Waals surface area contributed by atoms with Gasteiger partial charge in [0.2, 0.25) is 0 Å². The number of hydrogen-bond acceptors (Lipinski definition) is 4. The van der Waals surface area contributed by atoms with Crippen LogP contribution >= 0.6 is 11.6 Å². The molecule has 0 aliphatic rings. The lowest BCUT2D eigenvalue weighted by atomic mass is 10.4. The molecule has 0 aromatic carbocycles. The molecule has 0 aliphatic heterocycles. The first kappa shape index (κ1) is 9.67. The van der Waals surface area contributed by atoms with Crippen LogP contribution in [0.2, 0.25) is 0 Å². The van der Waals surface area contributed by atoms with Crippen LogP contribution in [0, 0.1) is 0 Å². The molecule has 0 unspecified atom stereocenters. The second kappa shape index (κ2) is 4.00. The van der Waals surface area contributed by atoms with Crippen molar-refractivity contribution in [2.75, 3.05) is 23.3 Å². The van der Waals surface area contributed by atoms with Crippen LogP contribution in [0.5, 0.6) is 0 Å².